The molecule has 3 rings (SSSR count). The van der Waals surface area contributed by atoms with E-state index >= 15 is 0 Å². The van der Waals surface area contributed by atoms with Crippen LogP contribution in [0, 0.1) is 0 Å². The van der Waals surface area contributed by atoms with Gasteiger partial charge in [0, 0.05) is 6.42 Å². The molecule has 3 heterocycles. The number of hydrogen-bond donors (Lipinski definition) is 12. The molecule has 0 aromatic rings. The molecular weight excluding hydrogens is 1440 g/mol. The number of rotatable bonds is 77. The van der Waals surface area contributed by atoms with Crippen LogP contribution in [0.15, 0.2) is 72.9 Å². The molecule has 0 radical (unpaired) electrons. The van der Waals surface area contributed by atoms with Crippen molar-refractivity contribution in [2.24, 2.45) is 0 Å². The zero-order valence-corrected chi connectivity index (χ0v) is 72.1. The average molecular weight is 1620 g/mol. The first-order valence-electron chi connectivity index (χ1n) is 47.2. The number of allylic oxidation sites excluding steroid dienone is 12. The van der Waals surface area contributed by atoms with Gasteiger partial charge in [-0.25, -0.2) is 0 Å². The molecule has 3 aliphatic heterocycles. The van der Waals surface area contributed by atoms with E-state index in [4.69, 9.17) is 28.4 Å². The van der Waals surface area contributed by atoms with Gasteiger partial charge in [0.1, 0.15) is 73.2 Å². The second kappa shape index (κ2) is 74.1. The van der Waals surface area contributed by atoms with Gasteiger partial charge in [-0.15, -0.1) is 0 Å². The Labute approximate surface area is 693 Å². The van der Waals surface area contributed by atoms with E-state index in [0.29, 0.717) is 12.8 Å². The Morgan fingerprint density at radius 2 is 0.605 bits per heavy atom. The fraction of sp³-hybridized carbons (Fsp3) is 0.863. The third-order valence-corrected chi connectivity index (χ3v) is 23.3. The van der Waals surface area contributed by atoms with Crippen LogP contribution in [0.2, 0.25) is 0 Å². The molecule has 0 saturated carbocycles. The summed E-state index contributed by atoms with van der Waals surface area (Å²) in [7, 11) is 0. The molecule has 0 spiro atoms. The Morgan fingerprint density at radius 1 is 0.325 bits per heavy atom. The Kier molecular flexibility index (Phi) is 68.5. The largest absolute Gasteiger partial charge is 0.394 e. The number of aliphatic hydroxyl groups is 11. The molecule has 0 bridgehead atoms. The zero-order valence-electron chi connectivity index (χ0n) is 72.1. The maximum Gasteiger partial charge on any atom is 0.220 e. The molecule has 114 heavy (non-hydrogen) atoms. The van der Waals surface area contributed by atoms with E-state index in [0.717, 1.165) is 83.5 Å². The first kappa shape index (κ1) is 105. The van der Waals surface area contributed by atoms with Crippen molar-refractivity contribution in [3.05, 3.63) is 72.9 Å². The topological polar surface area (TPSA) is 307 Å². The lowest BCUT2D eigenvalue weighted by atomic mass is 9.96. The normalized spacial score (nSPS) is 25.0. The summed E-state index contributed by atoms with van der Waals surface area (Å²) >= 11 is 0. The van der Waals surface area contributed by atoms with E-state index < -0.39 is 124 Å². The van der Waals surface area contributed by atoms with Gasteiger partial charge in [-0.1, -0.05) is 395 Å². The van der Waals surface area contributed by atoms with Crippen molar-refractivity contribution >= 4 is 5.91 Å². The predicted molar refractivity (Wildman–Crippen MR) is 462 cm³/mol. The SMILES string of the molecule is CC/C=C\C/C=C\C/C=C\C/C=C\C/C=C\C/C=C\CCCCCCCCCCCCCCCCCCCCCCCCC(=O)NC(COC1OC(CO)C(OC2OC(CO)C(OC3OC(CO)C(O)C(O)C3O)C(O)C2O)C(O)C1O)C(O)CCCCCCCCCCCCCCCCCCCCCCCCCCCCCC. The minimum Gasteiger partial charge on any atom is -0.394 e. The Morgan fingerprint density at radius 3 is 0.947 bits per heavy atom. The van der Waals surface area contributed by atoms with Crippen molar-refractivity contribution in [1.29, 1.82) is 0 Å². The summed E-state index contributed by atoms with van der Waals surface area (Å²) in [5.74, 6) is -0.235. The lowest BCUT2D eigenvalue weighted by Crippen LogP contribution is -2.66. The highest BCUT2D eigenvalue weighted by Gasteiger charge is 2.54. The lowest BCUT2D eigenvalue weighted by molar-refractivity contribution is -0.379. The summed E-state index contributed by atoms with van der Waals surface area (Å²) in [6.45, 7) is 1.75. The highest BCUT2D eigenvalue weighted by Crippen LogP contribution is 2.34. The van der Waals surface area contributed by atoms with Crippen LogP contribution in [-0.2, 0) is 33.2 Å². The van der Waals surface area contributed by atoms with Crippen LogP contribution in [0.1, 0.15) is 393 Å². The lowest BCUT2D eigenvalue weighted by Gasteiger charge is -2.48. The Balaban J connectivity index is 1.29. The number of aliphatic hydroxyl groups excluding tert-OH is 11. The monoisotopic (exact) mass is 1620 g/mol. The van der Waals surface area contributed by atoms with Crippen molar-refractivity contribution < 1.29 is 89.4 Å². The number of carbonyl (C=O) groups excluding carboxylic acids is 1. The minimum atomic E-state index is -1.97. The van der Waals surface area contributed by atoms with E-state index in [1.807, 2.05) is 0 Å². The van der Waals surface area contributed by atoms with Crippen LogP contribution >= 0.6 is 0 Å². The van der Waals surface area contributed by atoms with E-state index in [1.165, 1.54) is 276 Å². The van der Waals surface area contributed by atoms with Crippen molar-refractivity contribution in [3.63, 3.8) is 0 Å². The summed E-state index contributed by atoms with van der Waals surface area (Å²) < 4.78 is 34.6. The number of nitrogens with one attached hydrogen (secondary N) is 1. The Bertz CT molecular complexity index is 2340. The average Bonchev–Trinajstić information content (AvgIpc) is 0.782. The van der Waals surface area contributed by atoms with Gasteiger partial charge in [0.05, 0.1) is 38.6 Å². The number of unbranched alkanes of at least 4 members (excludes halogenated alkanes) is 49. The molecule has 3 saturated heterocycles. The molecule has 0 aromatic heterocycles. The summed E-state index contributed by atoms with van der Waals surface area (Å²) in [4.78, 5) is 13.6. The van der Waals surface area contributed by atoms with Gasteiger partial charge in [-0.05, 0) is 64.2 Å². The molecule has 3 aliphatic rings. The van der Waals surface area contributed by atoms with Crippen LogP contribution in [0.4, 0.5) is 0 Å². The maximum absolute atomic E-state index is 13.6. The van der Waals surface area contributed by atoms with Gasteiger partial charge >= 0.3 is 0 Å². The summed E-state index contributed by atoms with van der Waals surface area (Å²) in [6.07, 6.45) is 73.1. The molecular formula is C95H173NO18. The quantitative estimate of drug-likeness (QED) is 0.0199. The molecule has 19 nitrogen and oxygen atoms in total. The summed E-state index contributed by atoms with van der Waals surface area (Å²) in [6, 6.07) is -0.890. The maximum atomic E-state index is 13.6. The van der Waals surface area contributed by atoms with Gasteiger partial charge in [0.15, 0.2) is 18.9 Å². The number of amides is 1. The highest BCUT2D eigenvalue weighted by molar-refractivity contribution is 5.76. The van der Waals surface area contributed by atoms with Gasteiger partial charge < -0.3 is 89.9 Å². The molecule has 0 aliphatic carbocycles. The van der Waals surface area contributed by atoms with Crippen molar-refractivity contribution in [1.82, 2.24) is 5.32 Å². The smallest absolute Gasteiger partial charge is 0.220 e. The zero-order chi connectivity index (χ0) is 82.4. The van der Waals surface area contributed by atoms with E-state index in [2.05, 4.69) is 92.1 Å². The number of carbonyl (C=O) groups is 1. The predicted octanol–water partition coefficient (Wildman–Crippen LogP) is 18.7. The fourth-order valence-electron chi connectivity index (χ4n) is 15.9. The molecule has 666 valence electrons. The van der Waals surface area contributed by atoms with Crippen LogP contribution in [0.25, 0.3) is 0 Å². The van der Waals surface area contributed by atoms with Crippen LogP contribution in [0.5, 0.6) is 0 Å². The third kappa shape index (κ3) is 51.8. The molecule has 12 N–H and O–H groups in total. The van der Waals surface area contributed by atoms with Gasteiger partial charge in [-0.2, -0.15) is 0 Å². The van der Waals surface area contributed by atoms with Gasteiger partial charge in [0.25, 0.3) is 0 Å². The standard InChI is InChI=1S/C95H173NO18/c1-3-5-7-9-11-13-15-17-19-21-23-25-27-29-31-33-34-35-36-37-38-39-40-41-42-43-44-45-47-49-51-53-55-57-59-61-63-65-67-69-71-73-83(101)96-78(79(100)72-70-68-66-64-62-60-58-56-54-52-50-48-46-32-30-28-26-24-22-20-18-16-14-12-10-8-6-4-2)77-109-93-89(107)86(104)91(81(75-98)111-93)114-95-90(108)87(105)92(82(76-99)112-95)113-94-88(106)85(103)84(102)80(74-97)110-94/h5,7,11,13,17,19,23,25,29,31,34-35,78-82,84-95,97-100,102-108H,3-4,6,8-10,12,14-16,18,20-22,24,26-28,30,32-33,36-77H2,1-2H3,(H,96,101)/b7-5-,13-11-,19-17-,25-23-,31-29-,35-34-. The van der Waals surface area contributed by atoms with Gasteiger partial charge in [-0.3, -0.25) is 4.79 Å². The van der Waals surface area contributed by atoms with E-state index in [-0.39, 0.29) is 18.9 Å². The van der Waals surface area contributed by atoms with E-state index in [1.54, 1.807) is 0 Å². The molecule has 3 fully saturated rings. The minimum absolute atomic E-state index is 0.235. The number of hydrogen-bond acceptors (Lipinski definition) is 18. The first-order chi connectivity index (χ1) is 55.8. The van der Waals surface area contributed by atoms with Crippen LogP contribution in [-0.4, -0.2) is 193 Å². The second-order valence-electron chi connectivity index (χ2n) is 33.5. The van der Waals surface area contributed by atoms with Gasteiger partial charge in [0.2, 0.25) is 5.91 Å². The van der Waals surface area contributed by atoms with E-state index in [9.17, 15) is 61.0 Å². The second-order valence-corrected chi connectivity index (χ2v) is 33.5. The summed E-state index contributed by atoms with van der Waals surface area (Å²) in [5, 5.41) is 121. The summed E-state index contributed by atoms with van der Waals surface area (Å²) in [5.41, 5.74) is 0. The first-order valence-corrected chi connectivity index (χ1v) is 47.2. The highest BCUT2D eigenvalue weighted by atomic mass is 16.8. The molecule has 0 aromatic carbocycles. The van der Waals surface area contributed by atoms with Crippen LogP contribution in [0.3, 0.4) is 0 Å². The number of ether oxygens (including phenoxy) is 6. The molecule has 1 amide bonds. The molecule has 19 heteroatoms. The van der Waals surface area contributed by atoms with Crippen molar-refractivity contribution in [2.75, 3.05) is 26.4 Å². The van der Waals surface area contributed by atoms with Crippen molar-refractivity contribution in [2.45, 2.75) is 497 Å². The molecule has 17 unspecified atom stereocenters. The fourth-order valence-corrected chi connectivity index (χ4v) is 15.9. The van der Waals surface area contributed by atoms with Crippen LogP contribution < -0.4 is 5.32 Å². The third-order valence-electron chi connectivity index (χ3n) is 23.3. The Hall–Kier alpha value is -2.77. The van der Waals surface area contributed by atoms with Crippen molar-refractivity contribution in [3.8, 4) is 0 Å². The molecule has 17 atom stereocenters.